The van der Waals surface area contributed by atoms with Crippen molar-refractivity contribution in [3.63, 3.8) is 0 Å². The highest BCUT2D eigenvalue weighted by Crippen LogP contribution is 2.10. The van der Waals surface area contributed by atoms with Gasteiger partial charge in [0.05, 0.1) is 0 Å². The fraction of sp³-hybridized carbons (Fsp3) is 0.357. The van der Waals surface area contributed by atoms with Gasteiger partial charge < -0.3 is 11.1 Å². The fourth-order valence-electron chi connectivity index (χ4n) is 1.54. The predicted octanol–water partition coefficient (Wildman–Crippen LogP) is 1.60. The third-order valence-electron chi connectivity index (χ3n) is 2.64. The summed E-state index contributed by atoms with van der Waals surface area (Å²) >= 11 is 0. The molecule has 0 radical (unpaired) electrons. The second kappa shape index (κ2) is 6.72. The number of nitrogens with two attached hydrogens (primary N) is 1. The van der Waals surface area contributed by atoms with Crippen molar-refractivity contribution in [1.82, 2.24) is 5.32 Å². The van der Waals surface area contributed by atoms with E-state index in [1.165, 1.54) is 0 Å². The number of carbonyl (C=O) groups is 1. The first-order valence-electron chi connectivity index (χ1n) is 5.73. The Bertz CT molecular complexity index is 394. The maximum Gasteiger partial charge on any atom is 0.241 e. The lowest BCUT2D eigenvalue weighted by Crippen LogP contribution is -2.40. The van der Waals surface area contributed by atoms with Crippen molar-refractivity contribution < 1.29 is 4.79 Å². The van der Waals surface area contributed by atoms with Gasteiger partial charge in [0.1, 0.15) is 6.04 Å². The third kappa shape index (κ3) is 3.93. The van der Waals surface area contributed by atoms with E-state index in [0.717, 1.165) is 12.0 Å². The molecule has 3 heteroatoms. The Morgan fingerprint density at radius 2 is 2.12 bits per heavy atom. The Kier molecular flexibility index (Phi) is 5.25. The minimum absolute atomic E-state index is 0.00209. The van der Waals surface area contributed by atoms with Crippen LogP contribution in [0.1, 0.15) is 31.4 Å². The zero-order valence-electron chi connectivity index (χ0n) is 10.0. The average molecular weight is 230 g/mol. The second-order valence-electron chi connectivity index (χ2n) is 3.91. The summed E-state index contributed by atoms with van der Waals surface area (Å²) in [5, 5.41) is 2.86. The van der Waals surface area contributed by atoms with Gasteiger partial charge in [0, 0.05) is 12.5 Å². The van der Waals surface area contributed by atoms with Crippen LogP contribution >= 0.6 is 0 Å². The van der Waals surface area contributed by atoms with E-state index < -0.39 is 6.04 Å². The van der Waals surface area contributed by atoms with E-state index in [4.69, 9.17) is 12.2 Å². The van der Waals surface area contributed by atoms with Gasteiger partial charge >= 0.3 is 0 Å². The van der Waals surface area contributed by atoms with E-state index >= 15 is 0 Å². The van der Waals surface area contributed by atoms with E-state index in [9.17, 15) is 4.79 Å². The number of rotatable bonds is 5. The highest BCUT2D eigenvalue weighted by molar-refractivity contribution is 5.83. The molecule has 2 unspecified atom stereocenters. The molecule has 1 aromatic carbocycles. The van der Waals surface area contributed by atoms with Crippen LogP contribution in [-0.2, 0) is 4.79 Å². The number of nitrogens with one attached hydrogen (secondary N) is 1. The van der Waals surface area contributed by atoms with Gasteiger partial charge in [-0.15, -0.1) is 12.3 Å². The first kappa shape index (κ1) is 13.3. The molecule has 0 aliphatic carbocycles. The minimum atomic E-state index is -0.636. The summed E-state index contributed by atoms with van der Waals surface area (Å²) in [6.07, 6.45) is 6.57. The van der Waals surface area contributed by atoms with Crippen LogP contribution in [0.3, 0.4) is 0 Å². The Balaban J connectivity index is 2.62. The van der Waals surface area contributed by atoms with Crippen molar-refractivity contribution in [2.24, 2.45) is 5.73 Å². The number of benzene rings is 1. The van der Waals surface area contributed by atoms with Crippen molar-refractivity contribution in [2.45, 2.75) is 31.8 Å². The number of hydrogen-bond donors (Lipinski definition) is 2. The standard InChI is InChI=1S/C14H18N2O/c1-3-8-12(4-2)16-14(17)13(15)11-9-6-5-7-10-11/h1,5-7,9-10,12-13H,4,8,15H2,2H3,(H,16,17). The van der Waals surface area contributed by atoms with Crippen LogP contribution in [0.2, 0.25) is 0 Å². The molecule has 3 N–H and O–H groups in total. The summed E-state index contributed by atoms with van der Waals surface area (Å²) in [7, 11) is 0. The Labute approximate surface area is 102 Å². The number of hydrogen-bond acceptors (Lipinski definition) is 2. The molecular formula is C14H18N2O. The molecule has 0 saturated carbocycles. The van der Waals surface area contributed by atoms with E-state index in [0.29, 0.717) is 6.42 Å². The second-order valence-corrected chi connectivity index (χ2v) is 3.91. The number of amides is 1. The van der Waals surface area contributed by atoms with Gasteiger partial charge in [-0.25, -0.2) is 0 Å². The molecule has 2 atom stereocenters. The molecule has 0 saturated heterocycles. The first-order valence-corrected chi connectivity index (χ1v) is 5.73. The lowest BCUT2D eigenvalue weighted by atomic mass is 10.1. The van der Waals surface area contributed by atoms with Gasteiger partial charge in [0.25, 0.3) is 0 Å². The van der Waals surface area contributed by atoms with Gasteiger partial charge in [-0.1, -0.05) is 37.3 Å². The van der Waals surface area contributed by atoms with Crippen LogP contribution in [-0.4, -0.2) is 11.9 Å². The summed E-state index contributed by atoms with van der Waals surface area (Å²) in [5.74, 6) is 2.37. The Morgan fingerprint density at radius 1 is 1.47 bits per heavy atom. The molecule has 3 nitrogen and oxygen atoms in total. The summed E-state index contributed by atoms with van der Waals surface area (Å²) in [4.78, 5) is 11.9. The lowest BCUT2D eigenvalue weighted by molar-refractivity contribution is -0.123. The summed E-state index contributed by atoms with van der Waals surface area (Å²) in [6.45, 7) is 1.98. The highest BCUT2D eigenvalue weighted by atomic mass is 16.2. The molecule has 90 valence electrons. The molecule has 1 amide bonds. The summed E-state index contributed by atoms with van der Waals surface area (Å²) in [6, 6.07) is 8.66. The first-order chi connectivity index (χ1) is 8.19. The van der Waals surface area contributed by atoms with E-state index in [1.54, 1.807) is 0 Å². The SMILES string of the molecule is C#CCC(CC)NC(=O)C(N)c1ccccc1. The Hall–Kier alpha value is -1.79. The van der Waals surface area contributed by atoms with E-state index in [2.05, 4.69) is 11.2 Å². The van der Waals surface area contributed by atoms with Crippen molar-refractivity contribution in [2.75, 3.05) is 0 Å². The fourth-order valence-corrected chi connectivity index (χ4v) is 1.54. The molecule has 0 aliphatic heterocycles. The molecule has 17 heavy (non-hydrogen) atoms. The summed E-state index contributed by atoms with van der Waals surface area (Å²) in [5.41, 5.74) is 6.68. The highest BCUT2D eigenvalue weighted by Gasteiger charge is 2.17. The van der Waals surface area contributed by atoms with Crippen LogP contribution in [0, 0.1) is 12.3 Å². The van der Waals surface area contributed by atoms with Crippen molar-refractivity contribution in [3.05, 3.63) is 35.9 Å². The predicted molar refractivity (Wildman–Crippen MR) is 69.0 cm³/mol. The van der Waals surface area contributed by atoms with Crippen molar-refractivity contribution >= 4 is 5.91 Å². The molecule has 0 bridgehead atoms. The maximum absolute atomic E-state index is 11.9. The van der Waals surface area contributed by atoms with Crippen LogP contribution in [0.4, 0.5) is 0 Å². The van der Waals surface area contributed by atoms with Crippen LogP contribution in [0.5, 0.6) is 0 Å². The van der Waals surface area contributed by atoms with E-state index in [-0.39, 0.29) is 11.9 Å². The van der Waals surface area contributed by atoms with Crippen LogP contribution < -0.4 is 11.1 Å². The molecule has 0 fully saturated rings. The topological polar surface area (TPSA) is 55.1 Å². The van der Waals surface area contributed by atoms with E-state index in [1.807, 2.05) is 37.3 Å². The zero-order chi connectivity index (χ0) is 12.7. The number of terminal acetylenes is 1. The maximum atomic E-state index is 11.9. The smallest absolute Gasteiger partial charge is 0.241 e. The van der Waals surface area contributed by atoms with Crippen molar-refractivity contribution in [3.8, 4) is 12.3 Å². The normalized spacial score (nSPS) is 13.5. The van der Waals surface area contributed by atoms with Gasteiger partial charge in [-0.3, -0.25) is 4.79 Å². The summed E-state index contributed by atoms with van der Waals surface area (Å²) < 4.78 is 0. The molecule has 0 spiro atoms. The molecular weight excluding hydrogens is 212 g/mol. The Morgan fingerprint density at radius 3 is 2.65 bits per heavy atom. The van der Waals surface area contributed by atoms with Gasteiger partial charge in [-0.2, -0.15) is 0 Å². The zero-order valence-corrected chi connectivity index (χ0v) is 10.0. The average Bonchev–Trinajstić information content (AvgIpc) is 2.38. The largest absolute Gasteiger partial charge is 0.351 e. The molecule has 1 aromatic rings. The monoisotopic (exact) mass is 230 g/mol. The molecule has 0 heterocycles. The number of carbonyl (C=O) groups excluding carboxylic acids is 1. The van der Waals surface area contributed by atoms with Crippen molar-refractivity contribution in [1.29, 1.82) is 0 Å². The van der Waals surface area contributed by atoms with Gasteiger partial charge in [0.2, 0.25) is 5.91 Å². The third-order valence-corrected chi connectivity index (χ3v) is 2.64. The minimum Gasteiger partial charge on any atom is -0.351 e. The van der Waals surface area contributed by atoms with Gasteiger partial charge in [-0.05, 0) is 12.0 Å². The molecule has 1 rings (SSSR count). The van der Waals surface area contributed by atoms with Crippen LogP contribution in [0.25, 0.3) is 0 Å². The molecule has 0 aliphatic rings. The quantitative estimate of drug-likeness (QED) is 0.755. The van der Waals surface area contributed by atoms with Crippen LogP contribution in [0.15, 0.2) is 30.3 Å². The van der Waals surface area contributed by atoms with Gasteiger partial charge in [0.15, 0.2) is 0 Å². The molecule has 0 aromatic heterocycles. The lowest BCUT2D eigenvalue weighted by Gasteiger charge is -2.18.